The molecule has 0 fully saturated rings. The van der Waals surface area contributed by atoms with Gasteiger partial charge in [-0.1, -0.05) is 13.8 Å². The summed E-state index contributed by atoms with van der Waals surface area (Å²) in [6.07, 6.45) is 0.977. The molecule has 2 nitrogen and oxygen atoms in total. The standard InChI is InChI=1S/C5H12INO/c1-3-4(2)5(7)8-6/h4-5H,3,7H2,1-2H3. The van der Waals surface area contributed by atoms with Gasteiger partial charge < -0.3 is 5.73 Å². The minimum absolute atomic E-state index is 0.0967. The molecular formula is C5H12INO. The van der Waals surface area contributed by atoms with Gasteiger partial charge in [0.05, 0.1) is 0 Å². The second-order valence-corrected chi connectivity index (χ2v) is 2.45. The Morgan fingerprint density at radius 2 is 2.25 bits per heavy atom. The highest BCUT2D eigenvalue weighted by Gasteiger charge is 2.08. The number of rotatable bonds is 3. The highest BCUT2D eigenvalue weighted by atomic mass is 127. The van der Waals surface area contributed by atoms with Gasteiger partial charge in [-0.3, -0.25) is 3.07 Å². The molecule has 0 saturated heterocycles. The third-order valence-corrected chi connectivity index (χ3v) is 1.89. The van der Waals surface area contributed by atoms with Gasteiger partial charge in [-0.2, -0.15) is 0 Å². The van der Waals surface area contributed by atoms with Crippen LogP contribution in [0.4, 0.5) is 0 Å². The van der Waals surface area contributed by atoms with Gasteiger partial charge in [0.25, 0.3) is 0 Å². The Morgan fingerprint density at radius 3 is 2.38 bits per heavy atom. The molecule has 0 radical (unpaired) electrons. The first-order chi connectivity index (χ1) is 3.72. The molecule has 3 heteroatoms. The summed E-state index contributed by atoms with van der Waals surface area (Å²) < 4.78 is 4.85. The minimum Gasteiger partial charge on any atom is -0.305 e. The lowest BCUT2D eigenvalue weighted by Crippen LogP contribution is -2.27. The maximum Gasteiger partial charge on any atom is 0.120 e. The number of hydrogen-bond acceptors (Lipinski definition) is 2. The topological polar surface area (TPSA) is 35.2 Å². The van der Waals surface area contributed by atoms with Crippen molar-refractivity contribution in [1.82, 2.24) is 0 Å². The van der Waals surface area contributed by atoms with Crippen LogP contribution in [0.5, 0.6) is 0 Å². The minimum atomic E-state index is -0.0967. The zero-order valence-corrected chi connectivity index (χ0v) is 7.38. The predicted octanol–water partition coefficient (Wildman–Crippen LogP) is 1.68. The van der Waals surface area contributed by atoms with E-state index in [1.807, 2.05) is 23.0 Å². The van der Waals surface area contributed by atoms with Gasteiger partial charge in [0.15, 0.2) is 0 Å². The van der Waals surface area contributed by atoms with Crippen molar-refractivity contribution in [3.63, 3.8) is 0 Å². The summed E-state index contributed by atoms with van der Waals surface area (Å²) in [7, 11) is 0. The van der Waals surface area contributed by atoms with E-state index in [-0.39, 0.29) is 6.23 Å². The summed E-state index contributed by atoms with van der Waals surface area (Å²) in [5, 5.41) is 0. The quantitative estimate of drug-likeness (QED) is 0.590. The fraction of sp³-hybridized carbons (Fsp3) is 1.00. The lowest BCUT2D eigenvalue weighted by atomic mass is 10.1. The van der Waals surface area contributed by atoms with E-state index in [1.54, 1.807) is 0 Å². The van der Waals surface area contributed by atoms with E-state index in [9.17, 15) is 0 Å². The maximum absolute atomic E-state index is 5.50. The van der Waals surface area contributed by atoms with Crippen LogP contribution in [0.3, 0.4) is 0 Å². The summed E-state index contributed by atoms with van der Waals surface area (Å²) in [5.74, 6) is 0.465. The van der Waals surface area contributed by atoms with Crippen LogP contribution >= 0.6 is 23.0 Å². The molecule has 0 heterocycles. The predicted molar refractivity (Wildman–Crippen MR) is 42.5 cm³/mol. The van der Waals surface area contributed by atoms with Crippen LogP contribution in [0.1, 0.15) is 20.3 Å². The average molecular weight is 229 g/mol. The van der Waals surface area contributed by atoms with Gasteiger partial charge in [-0.25, -0.2) is 0 Å². The molecular weight excluding hydrogens is 217 g/mol. The average Bonchev–Trinajstić information content (AvgIpc) is 1.84. The van der Waals surface area contributed by atoms with Gasteiger partial charge in [0.2, 0.25) is 0 Å². The fourth-order valence-corrected chi connectivity index (χ4v) is 0.821. The Labute approximate surface area is 64.5 Å². The molecule has 8 heavy (non-hydrogen) atoms. The largest absolute Gasteiger partial charge is 0.305 e. The zero-order chi connectivity index (χ0) is 6.57. The first-order valence-corrected chi connectivity index (χ1v) is 3.63. The smallest absolute Gasteiger partial charge is 0.120 e. The van der Waals surface area contributed by atoms with E-state index < -0.39 is 0 Å². The Kier molecular flexibility index (Phi) is 4.89. The van der Waals surface area contributed by atoms with Crippen LogP contribution in [0.25, 0.3) is 0 Å². The summed E-state index contributed by atoms with van der Waals surface area (Å²) in [6, 6.07) is 0. The molecule has 0 aliphatic heterocycles. The van der Waals surface area contributed by atoms with E-state index in [0.29, 0.717) is 5.92 Å². The first-order valence-electron chi connectivity index (χ1n) is 2.75. The molecule has 0 aliphatic rings. The third kappa shape index (κ3) is 2.84. The molecule has 0 spiro atoms. The molecule has 0 aromatic heterocycles. The highest BCUT2D eigenvalue weighted by Crippen LogP contribution is 2.08. The summed E-state index contributed by atoms with van der Waals surface area (Å²) in [5.41, 5.74) is 5.50. The third-order valence-electron chi connectivity index (χ3n) is 1.31. The van der Waals surface area contributed by atoms with Crippen molar-refractivity contribution in [3.8, 4) is 0 Å². The second kappa shape index (κ2) is 4.52. The molecule has 50 valence electrons. The van der Waals surface area contributed by atoms with Crippen molar-refractivity contribution in [2.45, 2.75) is 26.5 Å². The Bertz CT molecular complexity index is 52.4. The van der Waals surface area contributed by atoms with Crippen LogP contribution in [0, 0.1) is 5.92 Å². The van der Waals surface area contributed by atoms with E-state index in [4.69, 9.17) is 8.80 Å². The van der Waals surface area contributed by atoms with Crippen LogP contribution in [0.15, 0.2) is 0 Å². The van der Waals surface area contributed by atoms with E-state index in [2.05, 4.69) is 13.8 Å². The molecule has 0 aromatic carbocycles. The first kappa shape index (κ1) is 8.65. The highest BCUT2D eigenvalue weighted by molar-refractivity contribution is 14.1. The number of halogens is 1. The summed E-state index contributed by atoms with van der Waals surface area (Å²) in [6.45, 7) is 4.17. The number of nitrogens with two attached hydrogens (primary N) is 1. The van der Waals surface area contributed by atoms with Crippen LogP contribution in [-0.2, 0) is 3.07 Å². The molecule has 0 aliphatic carbocycles. The van der Waals surface area contributed by atoms with E-state index >= 15 is 0 Å². The molecule has 2 N–H and O–H groups in total. The van der Waals surface area contributed by atoms with Gasteiger partial charge in [0.1, 0.15) is 29.2 Å². The maximum atomic E-state index is 5.50. The van der Waals surface area contributed by atoms with Crippen molar-refractivity contribution < 1.29 is 3.07 Å². The molecule has 0 aromatic rings. The zero-order valence-electron chi connectivity index (χ0n) is 5.23. The van der Waals surface area contributed by atoms with Crippen LogP contribution in [-0.4, -0.2) is 6.23 Å². The normalized spacial score (nSPS) is 18.0. The SMILES string of the molecule is CCC(C)C(N)OI. The van der Waals surface area contributed by atoms with Gasteiger partial charge in [0, 0.05) is 0 Å². The Balaban J connectivity index is 3.29. The second-order valence-electron chi connectivity index (χ2n) is 1.94. The van der Waals surface area contributed by atoms with E-state index in [1.165, 1.54) is 0 Å². The van der Waals surface area contributed by atoms with Gasteiger partial charge in [-0.15, -0.1) is 0 Å². The van der Waals surface area contributed by atoms with Crippen LogP contribution < -0.4 is 5.73 Å². The Hall–Kier alpha value is 0.650. The summed E-state index contributed by atoms with van der Waals surface area (Å²) in [4.78, 5) is 0. The van der Waals surface area contributed by atoms with Crippen LogP contribution in [0.2, 0.25) is 0 Å². The van der Waals surface area contributed by atoms with Crippen molar-refractivity contribution in [3.05, 3.63) is 0 Å². The lowest BCUT2D eigenvalue weighted by molar-refractivity contribution is 0.207. The lowest BCUT2D eigenvalue weighted by Gasteiger charge is -2.13. The van der Waals surface area contributed by atoms with Crippen molar-refractivity contribution in [2.24, 2.45) is 11.7 Å². The molecule has 0 saturated carbocycles. The Morgan fingerprint density at radius 1 is 1.75 bits per heavy atom. The van der Waals surface area contributed by atoms with Crippen molar-refractivity contribution in [2.75, 3.05) is 0 Å². The number of hydrogen-bond donors (Lipinski definition) is 1. The molecule has 2 atom stereocenters. The monoisotopic (exact) mass is 229 g/mol. The fourth-order valence-electron chi connectivity index (χ4n) is 0.320. The summed E-state index contributed by atoms with van der Waals surface area (Å²) >= 11 is 1.83. The van der Waals surface area contributed by atoms with E-state index in [0.717, 1.165) is 6.42 Å². The molecule has 2 unspecified atom stereocenters. The van der Waals surface area contributed by atoms with Crippen molar-refractivity contribution in [1.29, 1.82) is 0 Å². The molecule has 0 bridgehead atoms. The molecule has 0 amide bonds. The molecule has 0 rings (SSSR count). The van der Waals surface area contributed by atoms with Crippen molar-refractivity contribution >= 4 is 23.0 Å². The van der Waals surface area contributed by atoms with Gasteiger partial charge >= 0.3 is 0 Å². The van der Waals surface area contributed by atoms with Gasteiger partial charge in [-0.05, 0) is 12.3 Å².